The zero-order valence-electron chi connectivity index (χ0n) is 9.85. The van der Waals surface area contributed by atoms with E-state index in [0.717, 1.165) is 32.1 Å². The molecule has 0 aromatic heterocycles. The molecular formula is C12H19NO4. The van der Waals surface area contributed by atoms with Gasteiger partial charge in [0.2, 0.25) is 5.91 Å². The minimum absolute atomic E-state index is 0.0813. The van der Waals surface area contributed by atoms with Crippen LogP contribution in [0.15, 0.2) is 0 Å². The van der Waals surface area contributed by atoms with Crippen molar-refractivity contribution in [2.45, 2.75) is 38.2 Å². The fourth-order valence-corrected chi connectivity index (χ4v) is 2.74. The first-order valence-corrected chi connectivity index (χ1v) is 6.30. The third kappa shape index (κ3) is 2.97. The van der Waals surface area contributed by atoms with Gasteiger partial charge in [0, 0.05) is 13.2 Å². The summed E-state index contributed by atoms with van der Waals surface area (Å²) in [5.74, 6) is -1.03. The van der Waals surface area contributed by atoms with Crippen LogP contribution in [0, 0.1) is 11.8 Å². The number of rotatable bonds is 4. The summed E-state index contributed by atoms with van der Waals surface area (Å²) in [5.41, 5.74) is 0. The minimum Gasteiger partial charge on any atom is -0.481 e. The van der Waals surface area contributed by atoms with Crippen LogP contribution < -0.4 is 5.32 Å². The van der Waals surface area contributed by atoms with Crippen molar-refractivity contribution in [2.24, 2.45) is 11.8 Å². The maximum Gasteiger partial charge on any atom is 0.306 e. The standard InChI is InChI=1S/C12H19NO4/c14-11(10-5-2-6-17-10)13-7-8-3-1-4-9(8)12(15)16/h8-10H,1-7H2,(H,13,14)(H,15,16). The molecule has 0 aromatic carbocycles. The molecule has 17 heavy (non-hydrogen) atoms. The summed E-state index contributed by atoms with van der Waals surface area (Å²) in [5, 5.41) is 11.8. The van der Waals surface area contributed by atoms with Gasteiger partial charge in [-0.15, -0.1) is 0 Å². The van der Waals surface area contributed by atoms with Crippen LogP contribution in [0.5, 0.6) is 0 Å². The van der Waals surface area contributed by atoms with Crippen LogP contribution in [0.2, 0.25) is 0 Å². The number of amides is 1. The fraction of sp³-hybridized carbons (Fsp3) is 0.833. The SMILES string of the molecule is O=C(NCC1CCCC1C(=O)O)C1CCCO1. The van der Waals surface area contributed by atoms with Crippen LogP contribution in [0.1, 0.15) is 32.1 Å². The molecule has 0 bridgehead atoms. The first-order chi connectivity index (χ1) is 8.18. The van der Waals surface area contributed by atoms with Crippen molar-refractivity contribution in [3.05, 3.63) is 0 Å². The van der Waals surface area contributed by atoms with Crippen LogP contribution in [0.4, 0.5) is 0 Å². The van der Waals surface area contributed by atoms with Crippen molar-refractivity contribution < 1.29 is 19.4 Å². The molecule has 2 rings (SSSR count). The molecule has 5 heteroatoms. The lowest BCUT2D eigenvalue weighted by Crippen LogP contribution is -2.38. The van der Waals surface area contributed by atoms with Gasteiger partial charge in [0.25, 0.3) is 0 Å². The summed E-state index contributed by atoms with van der Waals surface area (Å²) in [7, 11) is 0. The monoisotopic (exact) mass is 241 g/mol. The predicted octanol–water partition coefficient (Wildman–Crippen LogP) is 0.782. The normalized spacial score (nSPS) is 32.6. The molecule has 96 valence electrons. The molecule has 1 aliphatic carbocycles. The number of ether oxygens (including phenoxy) is 1. The number of hydrogen-bond donors (Lipinski definition) is 2. The Labute approximate surface area is 101 Å². The Balaban J connectivity index is 1.77. The highest BCUT2D eigenvalue weighted by molar-refractivity contribution is 5.81. The number of carboxylic acid groups (broad SMARTS) is 1. The first-order valence-electron chi connectivity index (χ1n) is 6.30. The Kier molecular flexibility index (Phi) is 3.99. The van der Waals surface area contributed by atoms with Gasteiger partial charge in [-0.2, -0.15) is 0 Å². The van der Waals surface area contributed by atoms with Crippen LogP contribution in [-0.2, 0) is 14.3 Å². The number of carbonyl (C=O) groups excluding carboxylic acids is 1. The van der Waals surface area contributed by atoms with Gasteiger partial charge in [0.1, 0.15) is 6.10 Å². The second-order valence-electron chi connectivity index (χ2n) is 4.88. The summed E-state index contributed by atoms with van der Waals surface area (Å²) in [4.78, 5) is 22.7. The van der Waals surface area contributed by atoms with E-state index in [-0.39, 0.29) is 23.8 Å². The van der Waals surface area contributed by atoms with E-state index >= 15 is 0 Å². The minimum atomic E-state index is -0.737. The Bertz CT molecular complexity index is 299. The molecule has 2 N–H and O–H groups in total. The topological polar surface area (TPSA) is 75.6 Å². The van der Waals surface area contributed by atoms with E-state index in [4.69, 9.17) is 9.84 Å². The van der Waals surface area contributed by atoms with E-state index in [0.29, 0.717) is 13.2 Å². The van der Waals surface area contributed by atoms with Crippen molar-refractivity contribution in [1.29, 1.82) is 0 Å². The third-order valence-corrected chi connectivity index (χ3v) is 3.74. The highest BCUT2D eigenvalue weighted by atomic mass is 16.5. The molecule has 3 atom stereocenters. The Morgan fingerprint density at radius 3 is 2.71 bits per heavy atom. The maximum atomic E-state index is 11.7. The van der Waals surface area contributed by atoms with Gasteiger partial charge in [-0.3, -0.25) is 9.59 Å². The number of carboxylic acids is 1. The van der Waals surface area contributed by atoms with Gasteiger partial charge in [0.15, 0.2) is 0 Å². The maximum absolute atomic E-state index is 11.7. The first kappa shape index (κ1) is 12.4. The highest BCUT2D eigenvalue weighted by Gasteiger charge is 2.33. The van der Waals surface area contributed by atoms with Gasteiger partial charge < -0.3 is 15.2 Å². The molecule has 2 aliphatic rings. The van der Waals surface area contributed by atoms with Gasteiger partial charge in [-0.1, -0.05) is 6.42 Å². The molecular weight excluding hydrogens is 222 g/mol. The molecule has 1 saturated carbocycles. The summed E-state index contributed by atoms with van der Waals surface area (Å²) < 4.78 is 5.28. The highest BCUT2D eigenvalue weighted by Crippen LogP contribution is 2.31. The van der Waals surface area contributed by atoms with Crippen molar-refractivity contribution >= 4 is 11.9 Å². The second kappa shape index (κ2) is 5.49. The zero-order valence-corrected chi connectivity index (χ0v) is 9.85. The van der Waals surface area contributed by atoms with Gasteiger partial charge in [-0.05, 0) is 31.6 Å². The van der Waals surface area contributed by atoms with E-state index in [1.165, 1.54) is 0 Å². The van der Waals surface area contributed by atoms with Crippen molar-refractivity contribution in [1.82, 2.24) is 5.32 Å². The van der Waals surface area contributed by atoms with Gasteiger partial charge in [-0.25, -0.2) is 0 Å². The van der Waals surface area contributed by atoms with Crippen LogP contribution in [0.25, 0.3) is 0 Å². The van der Waals surface area contributed by atoms with Crippen LogP contribution in [-0.4, -0.2) is 36.2 Å². The van der Waals surface area contributed by atoms with Crippen LogP contribution in [0.3, 0.4) is 0 Å². The zero-order chi connectivity index (χ0) is 12.3. The van der Waals surface area contributed by atoms with E-state index in [2.05, 4.69) is 5.32 Å². The van der Waals surface area contributed by atoms with E-state index in [1.54, 1.807) is 0 Å². The summed E-state index contributed by atoms with van der Waals surface area (Å²) >= 11 is 0. The van der Waals surface area contributed by atoms with Gasteiger partial charge >= 0.3 is 5.97 Å². The number of aliphatic carboxylic acids is 1. The smallest absolute Gasteiger partial charge is 0.306 e. The Morgan fingerprint density at radius 1 is 1.24 bits per heavy atom. The number of hydrogen-bond acceptors (Lipinski definition) is 3. The van der Waals surface area contributed by atoms with Crippen molar-refractivity contribution in [3.63, 3.8) is 0 Å². The molecule has 0 aromatic rings. The fourth-order valence-electron chi connectivity index (χ4n) is 2.74. The molecule has 5 nitrogen and oxygen atoms in total. The van der Waals surface area contributed by atoms with E-state index in [1.807, 2.05) is 0 Å². The van der Waals surface area contributed by atoms with E-state index < -0.39 is 5.97 Å². The average molecular weight is 241 g/mol. The quantitative estimate of drug-likeness (QED) is 0.762. The van der Waals surface area contributed by atoms with E-state index in [9.17, 15) is 9.59 Å². The molecule has 0 spiro atoms. The molecule has 0 radical (unpaired) electrons. The third-order valence-electron chi connectivity index (χ3n) is 3.74. The second-order valence-corrected chi connectivity index (χ2v) is 4.88. The van der Waals surface area contributed by atoms with Crippen LogP contribution >= 0.6 is 0 Å². The molecule has 3 unspecified atom stereocenters. The summed E-state index contributed by atoms with van der Waals surface area (Å²) in [6.07, 6.45) is 3.95. The average Bonchev–Trinajstić information content (AvgIpc) is 2.96. The van der Waals surface area contributed by atoms with Gasteiger partial charge in [0.05, 0.1) is 5.92 Å². The largest absolute Gasteiger partial charge is 0.481 e. The predicted molar refractivity (Wildman–Crippen MR) is 60.5 cm³/mol. The Morgan fingerprint density at radius 2 is 2.06 bits per heavy atom. The molecule has 2 fully saturated rings. The summed E-state index contributed by atoms with van der Waals surface area (Å²) in [6, 6.07) is 0. The lowest BCUT2D eigenvalue weighted by Gasteiger charge is -2.17. The van der Waals surface area contributed by atoms with Crippen molar-refractivity contribution in [2.75, 3.05) is 13.2 Å². The van der Waals surface area contributed by atoms with Crippen molar-refractivity contribution in [3.8, 4) is 0 Å². The summed E-state index contributed by atoms with van der Waals surface area (Å²) in [6.45, 7) is 1.12. The lowest BCUT2D eigenvalue weighted by molar-refractivity contribution is -0.143. The number of carbonyl (C=O) groups is 2. The number of nitrogens with one attached hydrogen (secondary N) is 1. The molecule has 1 amide bonds. The molecule has 1 heterocycles. The molecule has 1 aliphatic heterocycles. The molecule has 1 saturated heterocycles. The Hall–Kier alpha value is -1.10. The lowest BCUT2D eigenvalue weighted by atomic mass is 9.96.